The lowest BCUT2D eigenvalue weighted by atomic mass is 10.0. The van der Waals surface area contributed by atoms with Crippen LogP contribution in [-0.2, 0) is 17.5 Å². The second-order valence-corrected chi connectivity index (χ2v) is 8.51. The van der Waals surface area contributed by atoms with E-state index in [-0.39, 0.29) is 22.5 Å². The number of carbonyl (C=O) groups is 1. The van der Waals surface area contributed by atoms with E-state index < -0.39 is 23.5 Å². The van der Waals surface area contributed by atoms with Crippen molar-refractivity contribution in [2.75, 3.05) is 31.6 Å². The maximum atomic E-state index is 13.5. The van der Waals surface area contributed by atoms with Crippen molar-refractivity contribution in [2.24, 2.45) is 0 Å². The second-order valence-electron chi connectivity index (χ2n) is 8.51. The van der Waals surface area contributed by atoms with Gasteiger partial charge in [0.15, 0.2) is 0 Å². The van der Waals surface area contributed by atoms with Crippen molar-refractivity contribution < 1.29 is 27.1 Å². The summed E-state index contributed by atoms with van der Waals surface area (Å²) in [7, 11) is 0. The maximum absolute atomic E-state index is 13.5. The van der Waals surface area contributed by atoms with Gasteiger partial charge in [0.1, 0.15) is 11.5 Å². The van der Waals surface area contributed by atoms with Crippen LogP contribution < -0.4 is 5.32 Å². The lowest BCUT2D eigenvalue weighted by molar-refractivity contribution is -0.137. The number of imidazole rings is 1. The molecule has 10 heteroatoms. The van der Waals surface area contributed by atoms with Gasteiger partial charge in [0, 0.05) is 43.3 Å². The summed E-state index contributed by atoms with van der Waals surface area (Å²) in [5.41, 5.74) is 0.647. The van der Waals surface area contributed by atoms with Gasteiger partial charge in [-0.1, -0.05) is 12.1 Å². The number of pyridine rings is 1. The molecule has 6 nitrogen and oxygen atoms in total. The van der Waals surface area contributed by atoms with Gasteiger partial charge in [-0.2, -0.15) is 13.2 Å². The first kappa shape index (κ1) is 24.0. The molecule has 0 unspecified atom stereocenters. The van der Waals surface area contributed by atoms with Crippen LogP contribution in [0.5, 0.6) is 0 Å². The molecular weight excluding hydrogens is 476 g/mol. The van der Waals surface area contributed by atoms with E-state index in [2.05, 4.69) is 15.2 Å². The molecule has 2 aromatic heterocycles. The number of halogens is 4. The quantitative estimate of drug-likeness (QED) is 0.382. The molecule has 1 fully saturated rings. The zero-order valence-electron chi connectivity index (χ0n) is 19.1. The van der Waals surface area contributed by atoms with Crippen molar-refractivity contribution in [2.45, 2.75) is 12.7 Å². The van der Waals surface area contributed by atoms with Crippen LogP contribution >= 0.6 is 0 Å². The average Bonchev–Trinajstić information content (AvgIpc) is 3.29. The Balaban J connectivity index is 1.38. The van der Waals surface area contributed by atoms with Crippen molar-refractivity contribution in [3.8, 4) is 11.3 Å². The highest BCUT2D eigenvalue weighted by molar-refractivity contribution is 6.08. The molecule has 0 aliphatic carbocycles. The van der Waals surface area contributed by atoms with E-state index in [0.29, 0.717) is 25.0 Å². The Morgan fingerprint density at radius 2 is 1.81 bits per heavy atom. The largest absolute Gasteiger partial charge is 0.417 e. The molecule has 0 radical (unpaired) electrons. The van der Waals surface area contributed by atoms with E-state index in [1.807, 2.05) is 12.1 Å². The number of carbonyl (C=O) groups excluding carboxylic acids is 1. The summed E-state index contributed by atoms with van der Waals surface area (Å²) in [4.78, 5) is 19.6. The third-order valence-corrected chi connectivity index (χ3v) is 6.01. The monoisotopic (exact) mass is 498 g/mol. The van der Waals surface area contributed by atoms with Gasteiger partial charge in [-0.25, -0.2) is 9.37 Å². The summed E-state index contributed by atoms with van der Waals surface area (Å²) in [6, 6.07) is 13.1. The molecule has 1 aliphatic heterocycles. The molecule has 1 aliphatic rings. The van der Waals surface area contributed by atoms with Crippen molar-refractivity contribution in [3.05, 3.63) is 89.5 Å². The molecule has 186 valence electrons. The molecule has 5 rings (SSSR count). The molecule has 0 saturated carbocycles. The van der Waals surface area contributed by atoms with Gasteiger partial charge in [0.2, 0.25) is 0 Å². The van der Waals surface area contributed by atoms with Crippen molar-refractivity contribution in [1.29, 1.82) is 0 Å². The third-order valence-electron chi connectivity index (χ3n) is 6.01. The molecular formula is C26H22F4N4O2. The number of hydrogen-bond acceptors (Lipinski definition) is 4. The lowest BCUT2D eigenvalue weighted by Gasteiger charge is -2.26. The zero-order valence-corrected chi connectivity index (χ0v) is 19.1. The predicted octanol–water partition coefficient (Wildman–Crippen LogP) is 5.24. The molecule has 0 atom stereocenters. The SMILES string of the molecule is O=C(Nc1ccc(CN2CCOCC2)cc1)c1cccn2cc(-c3ccc(F)cc3C(F)(F)F)nc12. The number of hydrogen-bond donors (Lipinski definition) is 1. The number of amides is 1. The minimum absolute atomic E-state index is 0.0185. The van der Waals surface area contributed by atoms with Crippen LogP contribution in [0.3, 0.4) is 0 Å². The Morgan fingerprint density at radius 1 is 1.06 bits per heavy atom. The highest BCUT2D eigenvalue weighted by Crippen LogP contribution is 2.37. The Kier molecular flexibility index (Phi) is 6.46. The van der Waals surface area contributed by atoms with E-state index >= 15 is 0 Å². The number of benzene rings is 2. The summed E-state index contributed by atoms with van der Waals surface area (Å²) in [6.45, 7) is 3.97. The fourth-order valence-electron chi connectivity index (χ4n) is 4.20. The van der Waals surface area contributed by atoms with Gasteiger partial charge >= 0.3 is 6.18 Å². The van der Waals surface area contributed by atoms with Gasteiger partial charge < -0.3 is 14.5 Å². The van der Waals surface area contributed by atoms with Crippen molar-refractivity contribution in [3.63, 3.8) is 0 Å². The molecule has 36 heavy (non-hydrogen) atoms. The Labute approximate surface area is 204 Å². The summed E-state index contributed by atoms with van der Waals surface area (Å²) >= 11 is 0. The number of ether oxygens (including phenoxy) is 1. The Bertz CT molecular complexity index is 1390. The van der Waals surface area contributed by atoms with E-state index in [0.717, 1.165) is 37.3 Å². The highest BCUT2D eigenvalue weighted by Gasteiger charge is 2.35. The van der Waals surface area contributed by atoms with Crippen LogP contribution in [-0.4, -0.2) is 46.5 Å². The molecule has 1 amide bonds. The Hall–Kier alpha value is -3.76. The first-order chi connectivity index (χ1) is 17.3. The van der Waals surface area contributed by atoms with Gasteiger partial charge in [-0.3, -0.25) is 9.69 Å². The number of fused-ring (bicyclic) bond motifs is 1. The van der Waals surface area contributed by atoms with E-state index in [9.17, 15) is 22.4 Å². The van der Waals surface area contributed by atoms with E-state index in [1.165, 1.54) is 10.6 Å². The number of anilines is 1. The van der Waals surface area contributed by atoms with Crippen molar-refractivity contribution in [1.82, 2.24) is 14.3 Å². The molecule has 0 bridgehead atoms. The zero-order chi connectivity index (χ0) is 25.3. The summed E-state index contributed by atoms with van der Waals surface area (Å²) < 4.78 is 60.9. The molecule has 1 N–H and O–H groups in total. The summed E-state index contributed by atoms with van der Waals surface area (Å²) in [5, 5.41) is 2.82. The fourth-order valence-corrected chi connectivity index (χ4v) is 4.20. The van der Waals surface area contributed by atoms with Crippen LogP contribution in [0.4, 0.5) is 23.2 Å². The predicted molar refractivity (Wildman–Crippen MR) is 126 cm³/mol. The Morgan fingerprint density at radius 3 is 2.53 bits per heavy atom. The molecule has 1 saturated heterocycles. The molecule has 3 heterocycles. The van der Waals surface area contributed by atoms with Crippen LogP contribution in [0.25, 0.3) is 16.9 Å². The van der Waals surface area contributed by atoms with Gasteiger partial charge in [0.25, 0.3) is 5.91 Å². The minimum atomic E-state index is -4.76. The minimum Gasteiger partial charge on any atom is -0.379 e. The maximum Gasteiger partial charge on any atom is 0.417 e. The number of alkyl halides is 3. The highest BCUT2D eigenvalue weighted by atomic mass is 19.4. The van der Waals surface area contributed by atoms with Crippen LogP contribution in [0.15, 0.2) is 67.0 Å². The van der Waals surface area contributed by atoms with E-state index in [4.69, 9.17) is 4.74 Å². The molecule has 4 aromatic rings. The van der Waals surface area contributed by atoms with Crippen LogP contribution in [0.2, 0.25) is 0 Å². The smallest absolute Gasteiger partial charge is 0.379 e. The summed E-state index contributed by atoms with van der Waals surface area (Å²) in [6.07, 6.45) is -1.80. The lowest BCUT2D eigenvalue weighted by Crippen LogP contribution is -2.35. The second kappa shape index (κ2) is 9.71. The van der Waals surface area contributed by atoms with Crippen LogP contribution in [0, 0.1) is 5.82 Å². The number of nitrogens with zero attached hydrogens (tertiary/aromatic N) is 3. The average molecular weight is 498 g/mol. The number of nitrogens with one attached hydrogen (secondary N) is 1. The summed E-state index contributed by atoms with van der Waals surface area (Å²) in [5.74, 6) is -1.44. The van der Waals surface area contributed by atoms with E-state index in [1.54, 1.807) is 30.5 Å². The number of aromatic nitrogens is 2. The molecule has 2 aromatic carbocycles. The van der Waals surface area contributed by atoms with Crippen molar-refractivity contribution >= 4 is 17.2 Å². The normalized spacial score (nSPS) is 14.8. The number of morpholine rings is 1. The standard InChI is InChI=1S/C26H22F4N4O2/c27-18-5-8-20(22(14-18)26(28,29)30)23-16-34-9-1-2-21(24(34)32-23)25(35)31-19-6-3-17(4-7-19)15-33-10-12-36-13-11-33/h1-9,14,16H,10-13,15H2,(H,31,35). The third kappa shape index (κ3) is 5.09. The molecule has 0 spiro atoms. The van der Waals surface area contributed by atoms with Gasteiger partial charge in [-0.15, -0.1) is 0 Å². The first-order valence-corrected chi connectivity index (χ1v) is 11.3. The van der Waals surface area contributed by atoms with Gasteiger partial charge in [-0.05, 0) is 48.0 Å². The van der Waals surface area contributed by atoms with Gasteiger partial charge in [0.05, 0.1) is 30.0 Å². The fraction of sp³-hybridized carbons (Fsp3) is 0.231. The number of rotatable bonds is 5. The topological polar surface area (TPSA) is 58.9 Å². The van der Waals surface area contributed by atoms with Crippen LogP contribution in [0.1, 0.15) is 21.5 Å². The first-order valence-electron chi connectivity index (χ1n) is 11.3.